The van der Waals surface area contributed by atoms with Gasteiger partial charge in [0.25, 0.3) is 0 Å². The monoisotopic (exact) mass is 720 g/mol. The number of rotatable bonds is 13. The molecule has 55 heavy (non-hydrogen) atoms. The van der Waals surface area contributed by atoms with Crippen molar-refractivity contribution < 1.29 is 9.90 Å². The highest BCUT2D eigenvalue weighted by Crippen LogP contribution is 2.43. The molecule has 0 aliphatic rings. The average Bonchev–Trinajstić information content (AvgIpc) is 3.90. The number of aryl methyl sites for hydroxylation is 1. The Morgan fingerprint density at radius 2 is 1.27 bits per heavy atom. The number of unbranched alkanes of at least 4 members (excludes halogenated alkanes) is 1. The molecule has 0 amide bonds. The second kappa shape index (κ2) is 15.6. The molecule has 8 heteroatoms. The number of aromatic carboxylic acids is 1. The normalized spacial score (nSPS) is 11.4. The summed E-state index contributed by atoms with van der Waals surface area (Å²) in [7, 11) is 0. The van der Waals surface area contributed by atoms with Gasteiger partial charge in [0, 0.05) is 30.3 Å². The lowest BCUT2D eigenvalue weighted by Gasteiger charge is -2.36. The molecule has 0 saturated carbocycles. The van der Waals surface area contributed by atoms with Gasteiger partial charge in [0.1, 0.15) is 11.4 Å². The first-order valence-corrected chi connectivity index (χ1v) is 18.6. The average molecular weight is 721 g/mol. The van der Waals surface area contributed by atoms with Gasteiger partial charge >= 0.3 is 5.97 Å². The zero-order chi connectivity index (χ0) is 37.6. The van der Waals surface area contributed by atoms with Crippen LogP contribution >= 0.6 is 0 Å². The standard InChI is InChI=1S/C47H40N6O2/c1-2-3-27-44-48-43(36-19-16-20-37(31-36)46(54)55)33-52(44)32-34-28-29-41(35-17-8-4-9-18-35)42(30-34)45-49-50-51-53(45)47(38-21-10-5-11-22-38,39-23-12-6-13-24-39)40-25-14-7-15-26-40/h4-26,28-31,33H,2-3,27,32H2,1H3,(H,54,55). The first-order valence-electron chi connectivity index (χ1n) is 18.6. The number of aromatic nitrogens is 6. The predicted molar refractivity (Wildman–Crippen MR) is 216 cm³/mol. The summed E-state index contributed by atoms with van der Waals surface area (Å²) in [6.07, 6.45) is 4.85. The largest absolute Gasteiger partial charge is 0.478 e. The molecule has 0 saturated heterocycles. The molecule has 2 aromatic heterocycles. The van der Waals surface area contributed by atoms with Crippen molar-refractivity contribution in [2.24, 2.45) is 0 Å². The van der Waals surface area contributed by atoms with Gasteiger partial charge < -0.3 is 9.67 Å². The van der Waals surface area contributed by atoms with Crippen molar-refractivity contribution in [2.75, 3.05) is 0 Å². The Labute approximate surface area is 320 Å². The summed E-state index contributed by atoms with van der Waals surface area (Å²) < 4.78 is 4.17. The second-order valence-corrected chi connectivity index (χ2v) is 13.6. The number of hydrogen-bond acceptors (Lipinski definition) is 5. The zero-order valence-electron chi connectivity index (χ0n) is 30.5. The SMILES string of the molecule is CCCCc1nc(-c2cccc(C(=O)O)c2)cn1Cc1ccc(-c2ccccc2)c(-c2nnnn2C(c2ccccc2)(c2ccccc2)c2ccccc2)c1. The van der Waals surface area contributed by atoms with Crippen molar-refractivity contribution in [3.63, 3.8) is 0 Å². The van der Waals surface area contributed by atoms with Crippen molar-refractivity contribution in [1.82, 2.24) is 29.8 Å². The van der Waals surface area contributed by atoms with Gasteiger partial charge in [-0.05, 0) is 68.4 Å². The van der Waals surface area contributed by atoms with Gasteiger partial charge in [0.15, 0.2) is 5.82 Å². The third-order valence-electron chi connectivity index (χ3n) is 10.1. The summed E-state index contributed by atoms with van der Waals surface area (Å²) in [5.74, 6) is 0.615. The molecule has 0 aliphatic carbocycles. The van der Waals surface area contributed by atoms with E-state index in [0.717, 1.165) is 75.3 Å². The predicted octanol–water partition coefficient (Wildman–Crippen LogP) is 9.80. The second-order valence-electron chi connectivity index (χ2n) is 13.6. The number of nitrogens with zero attached hydrogens (tertiary/aromatic N) is 6. The van der Waals surface area contributed by atoms with Crippen LogP contribution in [0.5, 0.6) is 0 Å². The summed E-state index contributed by atoms with van der Waals surface area (Å²) >= 11 is 0. The van der Waals surface area contributed by atoms with Crippen LogP contribution in [0, 0.1) is 0 Å². The van der Waals surface area contributed by atoms with Crippen LogP contribution in [0.25, 0.3) is 33.8 Å². The summed E-state index contributed by atoms with van der Waals surface area (Å²) in [4.78, 5) is 16.8. The van der Waals surface area contributed by atoms with Crippen LogP contribution in [0.1, 0.15) is 58.2 Å². The summed E-state index contributed by atoms with van der Waals surface area (Å²) in [5.41, 5.74) is 7.92. The molecule has 0 unspecified atom stereocenters. The van der Waals surface area contributed by atoms with Crippen LogP contribution in [0.4, 0.5) is 0 Å². The minimum absolute atomic E-state index is 0.235. The van der Waals surface area contributed by atoms with Crippen LogP contribution in [0.2, 0.25) is 0 Å². The molecule has 2 heterocycles. The maximum absolute atomic E-state index is 11.8. The lowest BCUT2D eigenvalue weighted by Crippen LogP contribution is -2.39. The Morgan fingerprint density at radius 3 is 1.87 bits per heavy atom. The Kier molecular flexibility index (Phi) is 9.95. The maximum atomic E-state index is 11.8. The van der Waals surface area contributed by atoms with Crippen molar-refractivity contribution in [3.05, 3.63) is 204 Å². The van der Waals surface area contributed by atoms with E-state index in [0.29, 0.717) is 12.4 Å². The highest BCUT2D eigenvalue weighted by molar-refractivity contribution is 5.89. The van der Waals surface area contributed by atoms with Crippen LogP contribution in [-0.4, -0.2) is 40.8 Å². The first kappa shape index (κ1) is 35.1. The zero-order valence-corrected chi connectivity index (χ0v) is 30.5. The first-order chi connectivity index (χ1) is 27.1. The summed E-state index contributed by atoms with van der Waals surface area (Å²) in [5, 5.41) is 23.7. The van der Waals surface area contributed by atoms with E-state index in [1.165, 1.54) is 0 Å². The van der Waals surface area contributed by atoms with Crippen LogP contribution in [0.3, 0.4) is 0 Å². The third-order valence-corrected chi connectivity index (χ3v) is 10.1. The molecule has 8 aromatic rings. The van der Waals surface area contributed by atoms with Gasteiger partial charge in [-0.25, -0.2) is 14.5 Å². The number of tetrazole rings is 1. The molecule has 0 atom stereocenters. The van der Waals surface area contributed by atoms with Gasteiger partial charge in [-0.15, -0.1) is 5.10 Å². The van der Waals surface area contributed by atoms with Crippen LogP contribution in [-0.2, 0) is 18.5 Å². The molecule has 8 rings (SSSR count). The topological polar surface area (TPSA) is 98.7 Å². The van der Waals surface area contributed by atoms with E-state index < -0.39 is 11.5 Å². The van der Waals surface area contributed by atoms with Crippen molar-refractivity contribution in [3.8, 4) is 33.8 Å². The molecular weight excluding hydrogens is 681 g/mol. The molecule has 0 aliphatic heterocycles. The van der Waals surface area contributed by atoms with Gasteiger partial charge in [-0.3, -0.25) is 0 Å². The fraction of sp³-hybridized carbons (Fsp3) is 0.128. The van der Waals surface area contributed by atoms with Gasteiger partial charge in [0.05, 0.1) is 11.3 Å². The molecule has 1 N–H and O–H groups in total. The van der Waals surface area contributed by atoms with E-state index in [9.17, 15) is 9.90 Å². The van der Waals surface area contributed by atoms with Crippen molar-refractivity contribution in [1.29, 1.82) is 0 Å². The maximum Gasteiger partial charge on any atom is 0.335 e. The molecule has 6 aromatic carbocycles. The minimum atomic E-state index is -0.961. The molecule has 0 spiro atoms. The number of imidazole rings is 1. The number of hydrogen-bond donors (Lipinski definition) is 1. The fourth-order valence-electron chi connectivity index (χ4n) is 7.50. The van der Waals surface area contributed by atoms with Crippen LogP contribution in [0.15, 0.2) is 170 Å². The highest BCUT2D eigenvalue weighted by Gasteiger charge is 2.42. The molecule has 0 bridgehead atoms. The van der Waals surface area contributed by atoms with Gasteiger partial charge in [0.2, 0.25) is 0 Å². The Hall–Kier alpha value is -6.93. The van der Waals surface area contributed by atoms with Crippen molar-refractivity contribution in [2.45, 2.75) is 38.3 Å². The van der Waals surface area contributed by atoms with E-state index in [1.807, 2.05) is 53.3 Å². The van der Waals surface area contributed by atoms with E-state index in [2.05, 4.69) is 120 Å². The number of carbonyl (C=O) groups is 1. The van der Waals surface area contributed by atoms with E-state index >= 15 is 0 Å². The Bertz CT molecular complexity index is 2430. The molecule has 270 valence electrons. The molecule has 0 fully saturated rings. The molecule has 8 nitrogen and oxygen atoms in total. The quantitative estimate of drug-likeness (QED) is 0.119. The molecule has 0 radical (unpaired) electrons. The van der Waals surface area contributed by atoms with E-state index in [-0.39, 0.29) is 5.56 Å². The highest BCUT2D eigenvalue weighted by atomic mass is 16.4. The lowest BCUT2D eigenvalue weighted by atomic mass is 9.77. The van der Waals surface area contributed by atoms with E-state index in [1.54, 1.807) is 18.2 Å². The third kappa shape index (κ3) is 6.86. The Balaban J connectivity index is 1.32. The summed E-state index contributed by atoms with van der Waals surface area (Å²) in [6, 6.07) is 55.1. The minimum Gasteiger partial charge on any atom is -0.478 e. The van der Waals surface area contributed by atoms with Crippen LogP contribution < -0.4 is 0 Å². The van der Waals surface area contributed by atoms with E-state index in [4.69, 9.17) is 15.3 Å². The lowest BCUT2D eigenvalue weighted by molar-refractivity contribution is 0.0697. The van der Waals surface area contributed by atoms with Crippen molar-refractivity contribution >= 4 is 5.97 Å². The van der Waals surface area contributed by atoms with Gasteiger partial charge in [-0.1, -0.05) is 159 Å². The summed E-state index contributed by atoms with van der Waals surface area (Å²) in [6.45, 7) is 2.72. The molecular formula is C47H40N6O2. The number of carboxylic acids is 1. The number of carboxylic acid groups (broad SMARTS) is 1. The number of benzene rings is 6. The Morgan fingerprint density at radius 1 is 0.673 bits per heavy atom. The smallest absolute Gasteiger partial charge is 0.335 e. The van der Waals surface area contributed by atoms with Gasteiger partial charge in [-0.2, -0.15) is 0 Å². The fourth-order valence-corrected chi connectivity index (χ4v) is 7.50.